The predicted octanol–water partition coefficient (Wildman–Crippen LogP) is 2.02. The van der Waals surface area contributed by atoms with E-state index in [2.05, 4.69) is 0 Å². The van der Waals surface area contributed by atoms with E-state index < -0.39 is 10.0 Å². The zero-order valence-corrected chi connectivity index (χ0v) is 14.5. The number of aromatic nitrogens is 1. The third-order valence-electron chi connectivity index (χ3n) is 4.36. The Hall–Kier alpha value is -1.08. The number of nitrogens with two attached hydrogens (primary N) is 1. The number of benzene rings is 1. The van der Waals surface area contributed by atoms with Crippen molar-refractivity contribution in [3.63, 3.8) is 0 Å². The van der Waals surface area contributed by atoms with E-state index in [1.54, 1.807) is 0 Å². The molecule has 7 heteroatoms. The average molecular weight is 344 g/mol. The molecule has 2 heterocycles. The summed E-state index contributed by atoms with van der Waals surface area (Å²) >= 11 is 0. The van der Waals surface area contributed by atoms with Crippen LogP contribution in [0.1, 0.15) is 18.5 Å². The standard InChI is InChI=1S/C15H21N3O2S.ClH/c1-11-15(13-7-3-4-8-14(13)17(11)2)21(19,20)18-9-5-6-12(16)10-18;/h3-4,7-8,12H,5-6,9-10,16H2,1-2H3;1H. The van der Waals surface area contributed by atoms with Crippen LogP contribution >= 0.6 is 12.4 Å². The Morgan fingerprint density at radius 1 is 1.27 bits per heavy atom. The summed E-state index contributed by atoms with van der Waals surface area (Å²) in [6.07, 6.45) is 1.71. The number of hydrogen-bond acceptors (Lipinski definition) is 3. The van der Waals surface area contributed by atoms with Crippen LogP contribution in [0.3, 0.4) is 0 Å². The van der Waals surface area contributed by atoms with E-state index in [1.807, 2.05) is 42.8 Å². The zero-order valence-electron chi connectivity index (χ0n) is 12.8. The highest BCUT2D eigenvalue weighted by molar-refractivity contribution is 7.89. The van der Waals surface area contributed by atoms with Crippen LogP contribution in [0.25, 0.3) is 10.9 Å². The van der Waals surface area contributed by atoms with Gasteiger partial charge in [-0.05, 0) is 25.8 Å². The van der Waals surface area contributed by atoms with Crippen LogP contribution in [0.4, 0.5) is 0 Å². The number of halogens is 1. The summed E-state index contributed by atoms with van der Waals surface area (Å²) in [5, 5.41) is 0.789. The molecule has 1 aliphatic rings. The Kier molecular flexibility index (Phi) is 4.87. The van der Waals surface area contributed by atoms with Crippen molar-refractivity contribution in [2.45, 2.75) is 30.7 Å². The molecule has 0 amide bonds. The van der Waals surface area contributed by atoms with Crippen molar-refractivity contribution in [3.8, 4) is 0 Å². The van der Waals surface area contributed by atoms with Crippen LogP contribution in [-0.2, 0) is 17.1 Å². The number of rotatable bonds is 2. The van der Waals surface area contributed by atoms with Crippen LogP contribution in [0, 0.1) is 6.92 Å². The van der Waals surface area contributed by atoms with Crippen LogP contribution in [0.5, 0.6) is 0 Å². The first-order chi connectivity index (χ1) is 9.93. The van der Waals surface area contributed by atoms with Gasteiger partial charge in [-0.15, -0.1) is 12.4 Å². The number of nitrogens with zero attached hydrogens (tertiary/aromatic N) is 2. The number of fused-ring (bicyclic) bond motifs is 1. The molecule has 1 aromatic heterocycles. The SMILES string of the molecule is Cc1c(S(=O)(=O)N2CCCC(N)C2)c2ccccc2n1C.Cl. The highest BCUT2D eigenvalue weighted by Gasteiger charge is 2.32. The lowest BCUT2D eigenvalue weighted by Gasteiger charge is -2.30. The highest BCUT2D eigenvalue weighted by atomic mass is 35.5. The van der Waals surface area contributed by atoms with Gasteiger partial charge in [0, 0.05) is 42.8 Å². The monoisotopic (exact) mass is 343 g/mol. The Labute approximate surface area is 137 Å². The molecule has 0 spiro atoms. The van der Waals surface area contributed by atoms with Gasteiger partial charge < -0.3 is 10.3 Å². The van der Waals surface area contributed by atoms with Gasteiger partial charge in [-0.3, -0.25) is 0 Å². The molecule has 0 radical (unpaired) electrons. The van der Waals surface area contributed by atoms with Crippen LogP contribution < -0.4 is 5.73 Å². The second-order valence-electron chi connectivity index (χ2n) is 5.76. The normalized spacial score (nSPS) is 20.0. The molecule has 1 atom stereocenters. The zero-order chi connectivity index (χ0) is 15.2. The molecule has 122 valence electrons. The maximum absolute atomic E-state index is 13.0. The van der Waals surface area contributed by atoms with Gasteiger partial charge in [0.15, 0.2) is 0 Å². The molecular weight excluding hydrogens is 322 g/mol. The van der Waals surface area contributed by atoms with Crippen molar-refractivity contribution in [3.05, 3.63) is 30.0 Å². The van der Waals surface area contributed by atoms with Crippen molar-refractivity contribution in [1.82, 2.24) is 8.87 Å². The number of para-hydroxylation sites is 1. The van der Waals surface area contributed by atoms with E-state index in [-0.39, 0.29) is 18.4 Å². The summed E-state index contributed by atoms with van der Waals surface area (Å²) in [7, 11) is -1.60. The van der Waals surface area contributed by atoms with Crippen molar-refractivity contribution in [2.75, 3.05) is 13.1 Å². The summed E-state index contributed by atoms with van der Waals surface area (Å²) < 4.78 is 29.6. The van der Waals surface area contributed by atoms with Gasteiger partial charge in [0.05, 0.1) is 0 Å². The van der Waals surface area contributed by atoms with Crippen LogP contribution in [-0.4, -0.2) is 36.4 Å². The molecule has 5 nitrogen and oxygen atoms in total. The van der Waals surface area contributed by atoms with Gasteiger partial charge in [-0.25, -0.2) is 8.42 Å². The molecule has 2 N–H and O–H groups in total. The summed E-state index contributed by atoms with van der Waals surface area (Å²) in [4.78, 5) is 0.426. The summed E-state index contributed by atoms with van der Waals surface area (Å²) in [6, 6.07) is 7.56. The molecule has 1 saturated heterocycles. The minimum absolute atomic E-state index is 0. The van der Waals surface area contributed by atoms with E-state index in [4.69, 9.17) is 5.73 Å². The quantitative estimate of drug-likeness (QED) is 0.907. The number of sulfonamides is 1. The van der Waals surface area contributed by atoms with Crippen LogP contribution in [0.15, 0.2) is 29.2 Å². The van der Waals surface area contributed by atoms with Crippen molar-refractivity contribution in [1.29, 1.82) is 0 Å². The number of piperidine rings is 1. The lowest BCUT2D eigenvalue weighted by molar-refractivity contribution is 0.316. The first kappa shape index (κ1) is 17.3. The molecule has 0 aliphatic carbocycles. The molecule has 3 rings (SSSR count). The van der Waals surface area contributed by atoms with Gasteiger partial charge in [-0.1, -0.05) is 18.2 Å². The molecule has 1 unspecified atom stereocenters. The average Bonchev–Trinajstić information content (AvgIpc) is 2.72. The third-order valence-corrected chi connectivity index (χ3v) is 6.40. The second kappa shape index (κ2) is 6.20. The fourth-order valence-electron chi connectivity index (χ4n) is 3.13. The fourth-order valence-corrected chi connectivity index (χ4v) is 5.11. The van der Waals surface area contributed by atoms with E-state index in [1.165, 1.54) is 4.31 Å². The molecular formula is C15H22ClN3O2S. The van der Waals surface area contributed by atoms with E-state index in [0.717, 1.165) is 29.4 Å². The van der Waals surface area contributed by atoms with Gasteiger partial charge in [0.2, 0.25) is 10.0 Å². The summed E-state index contributed by atoms with van der Waals surface area (Å²) in [6.45, 7) is 2.82. The maximum atomic E-state index is 13.0. The molecule has 1 aliphatic heterocycles. The Balaban J connectivity index is 0.00000176. The van der Waals surface area contributed by atoms with E-state index in [9.17, 15) is 8.42 Å². The molecule has 0 bridgehead atoms. The largest absolute Gasteiger partial charge is 0.347 e. The molecule has 0 saturated carbocycles. The van der Waals surface area contributed by atoms with E-state index in [0.29, 0.717) is 18.0 Å². The number of hydrogen-bond donors (Lipinski definition) is 1. The third kappa shape index (κ3) is 2.65. The lowest BCUT2D eigenvalue weighted by atomic mass is 10.1. The second-order valence-corrected chi connectivity index (χ2v) is 7.63. The smallest absolute Gasteiger partial charge is 0.245 e. The molecule has 2 aromatic rings. The topological polar surface area (TPSA) is 68.3 Å². The highest BCUT2D eigenvalue weighted by Crippen LogP contribution is 2.32. The van der Waals surface area contributed by atoms with Crippen molar-refractivity contribution >= 4 is 33.3 Å². The Morgan fingerprint density at radius 3 is 2.64 bits per heavy atom. The van der Waals surface area contributed by atoms with E-state index >= 15 is 0 Å². The van der Waals surface area contributed by atoms with Gasteiger partial charge in [-0.2, -0.15) is 4.31 Å². The number of aryl methyl sites for hydroxylation is 1. The summed E-state index contributed by atoms with van der Waals surface area (Å²) in [5.41, 5.74) is 7.66. The lowest BCUT2D eigenvalue weighted by Crippen LogP contribution is -2.45. The first-order valence-electron chi connectivity index (χ1n) is 7.22. The molecule has 22 heavy (non-hydrogen) atoms. The van der Waals surface area contributed by atoms with Gasteiger partial charge in [0.25, 0.3) is 0 Å². The van der Waals surface area contributed by atoms with Crippen molar-refractivity contribution < 1.29 is 8.42 Å². The summed E-state index contributed by atoms with van der Waals surface area (Å²) in [5.74, 6) is 0. The fraction of sp³-hybridized carbons (Fsp3) is 0.467. The molecule has 1 aromatic carbocycles. The Morgan fingerprint density at radius 2 is 1.95 bits per heavy atom. The Bertz CT molecular complexity index is 785. The minimum atomic E-state index is -3.50. The van der Waals surface area contributed by atoms with Crippen molar-refractivity contribution in [2.24, 2.45) is 12.8 Å². The predicted molar refractivity (Wildman–Crippen MR) is 90.9 cm³/mol. The first-order valence-corrected chi connectivity index (χ1v) is 8.66. The van der Waals surface area contributed by atoms with Crippen LogP contribution in [0.2, 0.25) is 0 Å². The van der Waals surface area contributed by atoms with Gasteiger partial charge in [0.1, 0.15) is 4.90 Å². The maximum Gasteiger partial charge on any atom is 0.245 e. The van der Waals surface area contributed by atoms with Gasteiger partial charge >= 0.3 is 0 Å². The minimum Gasteiger partial charge on any atom is -0.347 e. The molecule has 1 fully saturated rings.